The minimum absolute atomic E-state index is 0.0150. The molecule has 7 nitrogen and oxygen atoms in total. The minimum Gasteiger partial charge on any atom is -0.868 e. The van der Waals surface area contributed by atoms with Crippen LogP contribution in [0, 0.1) is 0 Å². The summed E-state index contributed by atoms with van der Waals surface area (Å²) in [5.74, 6) is -1.30. The number of rotatable bonds is 6. The highest BCUT2D eigenvalue weighted by Gasteiger charge is 2.25. The number of esters is 2. The molecule has 0 saturated carbocycles. The van der Waals surface area contributed by atoms with Gasteiger partial charge in [0, 0.05) is 34.3 Å². The molecule has 1 atom stereocenters. The lowest BCUT2D eigenvalue weighted by molar-refractivity contribution is -0.270. The number of carbonyl (C=O) groups is 2. The minimum atomic E-state index is -0.820. The van der Waals surface area contributed by atoms with Gasteiger partial charge in [0.05, 0.1) is 0 Å². The molecule has 156 valence electrons. The van der Waals surface area contributed by atoms with Gasteiger partial charge < -0.3 is 19.0 Å². The van der Waals surface area contributed by atoms with Crippen LogP contribution < -0.4 is 15.5 Å². The van der Waals surface area contributed by atoms with E-state index < -0.39 is 34.2 Å². The molecule has 0 aliphatic carbocycles. The van der Waals surface area contributed by atoms with Crippen LogP contribution in [0.3, 0.4) is 0 Å². The topological polar surface area (TPSA) is 106 Å². The summed E-state index contributed by atoms with van der Waals surface area (Å²) in [4.78, 5) is 35.8. The second-order valence-corrected chi connectivity index (χ2v) is 8.78. The van der Waals surface area contributed by atoms with Gasteiger partial charge in [-0.1, -0.05) is 29.8 Å². The van der Waals surface area contributed by atoms with E-state index in [-0.39, 0.29) is 39.5 Å². The number of ether oxygens (including phenoxy) is 2. The zero-order chi connectivity index (χ0) is 21.8. The third-order valence-corrected chi connectivity index (χ3v) is 6.18. The van der Waals surface area contributed by atoms with Gasteiger partial charge in [0.1, 0.15) is 35.5 Å². The maximum atomic E-state index is 12.7. The monoisotopic (exact) mass is 448 g/mol. The highest BCUT2D eigenvalue weighted by Crippen LogP contribution is 2.29. The maximum Gasteiger partial charge on any atom is 0.391 e. The largest absolute Gasteiger partial charge is 0.868 e. The third kappa shape index (κ3) is 4.77. The second-order valence-electron chi connectivity index (χ2n) is 6.26. The summed E-state index contributed by atoms with van der Waals surface area (Å²) in [6.07, 6.45) is 1.70. The normalized spacial score (nSPS) is 11.8. The molecular formula is C21H17ClO7S. The number of para-hydroxylation sites is 1. The molecule has 0 N–H and O–H groups in total. The first-order valence-electron chi connectivity index (χ1n) is 8.78. The zero-order valence-electron chi connectivity index (χ0n) is 16.1. The predicted octanol–water partition coefficient (Wildman–Crippen LogP) is 2.91. The number of benzene rings is 2. The first-order chi connectivity index (χ1) is 14.3. The van der Waals surface area contributed by atoms with Gasteiger partial charge in [-0.3, -0.25) is 4.79 Å². The molecule has 1 unspecified atom stereocenters. The quantitative estimate of drug-likeness (QED) is 0.247. The number of hydrogen-bond acceptors (Lipinski definition) is 7. The molecule has 0 amide bonds. The van der Waals surface area contributed by atoms with E-state index in [9.17, 15) is 19.5 Å². The molecule has 0 aliphatic rings. The zero-order valence-corrected chi connectivity index (χ0v) is 17.7. The molecule has 0 fully saturated rings. The molecule has 0 saturated heterocycles. The van der Waals surface area contributed by atoms with Crippen molar-refractivity contribution < 1.29 is 28.6 Å². The SMILES string of the molecule is CC(=O)Oc1ccccc1C(=O)OCC[S+](C)c1c([O-])c2ccc(Cl)cc2oc1=O. The smallest absolute Gasteiger partial charge is 0.391 e. The van der Waals surface area contributed by atoms with Gasteiger partial charge in [-0.15, -0.1) is 0 Å². The predicted molar refractivity (Wildman–Crippen MR) is 111 cm³/mol. The lowest BCUT2D eigenvalue weighted by Crippen LogP contribution is -2.22. The van der Waals surface area contributed by atoms with E-state index >= 15 is 0 Å². The van der Waals surface area contributed by atoms with Gasteiger partial charge >= 0.3 is 17.6 Å². The van der Waals surface area contributed by atoms with Crippen molar-refractivity contribution in [2.45, 2.75) is 11.8 Å². The van der Waals surface area contributed by atoms with Gasteiger partial charge in [-0.2, -0.15) is 0 Å². The number of hydrogen-bond donors (Lipinski definition) is 0. The fourth-order valence-electron chi connectivity index (χ4n) is 2.75. The van der Waals surface area contributed by atoms with Crippen LogP contribution in [-0.4, -0.2) is 30.6 Å². The molecule has 1 aromatic heterocycles. The molecule has 9 heteroatoms. The summed E-state index contributed by atoms with van der Waals surface area (Å²) in [5, 5.41) is 13.3. The van der Waals surface area contributed by atoms with Gasteiger partial charge in [0.25, 0.3) is 0 Å². The summed E-state index contributed by atoms with van der Waals surface area (Å²) in [5.41, 5.74) is -0.491. The highest BCUT2D eigenvalue weighted by atomic mass is 35.5. The van der Waals surface area contributed by atoms with E-state index in [2.05, 4.69) is 0 Å². The highest BCUT2D eigenvalue weighted by molar-refractivity contribution is 7.96. The first kappa shape index (κ1) is 21.7. The fourth-order valence-corrected chi connectivity index (χ4v) is 4.20. The standard InChI is InChI=1S/C21H17ClO7S/c1-12(23)28-16-6-4-3-5-15(16)20(25)27-9-10-30(2)19-18(24)14-8-7-13(22)11-17(14)29-21(19)26/h3-8,11H,9-10H2,1-2H3. The first-order valence-corrected chi connectivity index (χ1v) is 11.0. The van der Waals surface area contributed by atoms with Crippen molar-refractivity contribution in [2.24, 2.45) is 0 Å². The molecule has 3 aromatic rings. The average Bonchev–Trinajstić information content (AvgIpc) is 2.67. The molecule has 0 spiro atoms. The number of fused-ring (bicyclic) bond motifs is 1. The van der Waals surface area contributed by atoms with Gasteiger partial charge in [0.15, 0.2) is 0 Å². The molecule has 1 heterocycles. The van der Waals surface area contributed by atoms with Crippen LogP contribution in [0.25, 0.3) is 11.0 Å². The fraction of sp³-hybridized carbons (Fsp3) is 0.190. The Balaban J connectivity index is 1.72. The number of carbonyl (C=O) groups excluding carboxylic acids is 2. The summed E-state index contributed by atoms with van der Waals surface area (Å²) >= 11 is 5.87. The van der Waals surface area contributed by atoms with Crippen LogP contribution in [-0.2, 0) is 20.4 Å². The van der Waals surface area contributed by atoms with Crippen LogP contribution in [0.1, 0.15) is 17.3 Å². The van der Waals surface area contributed by atoms with E-state index in [0.717, 1.165) is 0 Å². The second kappa shape index (κ2) is 9.23. The van der Waals surface area contributed by atoms with Crippen LogP contribution in [0.15, 0.2) is 56.6 Å². The Hall–Kier alpha value is -2.97. The lowest BCUT2D eigenvalue weighted by Gasteiger charge is -2.14. The van der Waals surface area contributed by atoms with Crippen molar-refractivity contribution in [3.63, 3.8) is 0 Å². The Morgan fingerprint density at radius 3 is 2.67 bits per heavy atom. The molecule has 0 bridgehead atoms. The van der Waals surface area contributed by atoms with E-state index in [1.54, 1.807) is 24.5 Å². The summed E-state index contributed by atoms with van der Waals surface area (Å²) < 4.78 is 15.5. The Bertz CT molecular complexity index is 1170. The molecular weight excluding hydrogens is 432 g/mol. The van der Waals surface area contributed by atoms with Gasteiger partial charge in [0.2, 0.25) is 4.90 Å². The van der Waals surface area contributed by atoms with Crippen molar-refractivity contribution in [3.05, 3.63) is 63.5 Å². The van der Waals surface area contributed by atoms with E-state index in [1.807, 2.05) is 0 Å². The summed E-state index contributed by atoms with van der Waals surface area (Å²) in [6, 6.07) is 10.7. The van der Waals surface area contributed by atoms with Crippen molar-refractivity contribution >= 4 is 45.4 Å². The lowest BCUT2D eigenvalue weighted by atomic mass is 10.2. The van der Waals surface area contributed by atoms with Crippen molar-refractivity contribution in [3.8, 4) is 11.5 Å². The Morgan fingerprint density at radius 1 is 1.20 bits per heavy atom. The summed E-state index contributed by atoms with van der Waals surface area (Å²) in [6.45, 7) is 1.19. The Kier molecular flexibility index (Phi) is 6.69. The van der Waals surface area contributed by atoms with Crippen molar-refractivity contribution in [1.82, 2.24) is 0 Å². The van der Waals surface area contributed by atoms with Crippen LogP contribution >= 0.6 is 11.6 Å². The molecule has 3 rings (SSSR count). The Labute approximate surface area is 179 Å². The van der Waals surface area contributed by atoms with E-state index in [0.29, 0.717) is 5.02 Å². The molecule has 0 aliphatic heterocycles. The van der Waals surface area contributed by atoms with Crippen molar-refractivity contribution in [1.29, 1.82) is 0 Å². The number of halogens is 1. The maximum absolute atomic E-state index is 12.7. The van der Waals surface area contributed by atoms with Crippen LogP contribution in [0.5, 0.6) is 11.5 Å². The van der Waals surface area contributed by atoms with Crippen molar-refractivity contribution in [2.75, 3.05) is 18.6 Å². The molecule has 2 aromatic carbocycles. The summed E-state index contributed by atoms with van der Waals surface area (Å²) in [7, 11) is -0.820. The average molecular weight is 449 g/mol. The van der Waals surface area contributed by atoms with E-state index in [1.165, 1.54) is 31.2 Å². The Morgan fingerprint density at radius 2 is 1.93 bits per heavy atom. The van der Waals surface area contributed by atoms with Crippen LogP contribution in [0.4, 0.5) is 0 Å². The molecule has 30 heavy (non-hydrogen) atoms. The van der Waals surface area contributed by atoms with Gasteiger partial charge in [-0.25, -0.2) is 9.59 Å². The third-order valence-electron chi connectivity index (χ3n) is 4.11. The van der Waals surface area contributed by atoms with Gasteiger partial charge in [-0.05, 0) is 23.9 Å². The van der Waals surface area contributed by atoms with Crippen LogP contribution in [0.2, 0.25) is 5.02 Å². The molecule has 0 radical (unpaired) electrons. The van der Waals surface area contributed by atoms with E-state index in [4.69, 9.17) is 25.5 Å².